The summed E-state index contributed by atoms with van der Waals surface area (Å²) < 4.78 is 1.60. The minimum atomic E-state index is 0.0224. The molecule has 1 amide bonds. The Morgan fingerprint density at radius 2 is 2.28 bits per heavy atom. The first-order valence-corrected chi connectivity index (χ1v) is 6.63. The molecular formula is C13H22N4O. The number of anilines is 1. The van der Waals surface area contributed by atoms with E-state index in [4.69, 9.17) is 5.73 Å². The summed E-state index contributed by atoms with van der Waals surface area (Å²) in [7, 11) is 1.77. The summed E-state index contributed by atoms with van der Waals surface area (Å²) >= 11 is 0. The van der Waals surface area contributed by atoms with Crippen molar-refractivity contribution in [1.29, 1.82) is 0 Å². The predicted molar refractivity (Wildman–Crippen MR) is 71.3 cm³/mol. The Bertz CT molecular complexity index is 452. The number of carbonyl (C=O) groups is 1. The highest BCUT2D eigenvalue weighted by atomic mass is 16.2. The first-order chi connectivity index (χ1) is 8.54. The molecule has 1 fully saturated rings. The summed E-state index contributed by atoms with van der Waals surface area (Å²) in [5, 5.41) is 4.20. The lowest BCUT2D eigenvalue weighted by Crippen LogP contribution is -2.31. The second-order valence-corrected chi connectivity index (χ2v) is 5.17. The van der Waals surface area contributed by atoms with Crippen molar-refractivity contribution in [3.8, 4) is 0 Å². The lowest BCUT2D eigenvalue weighted by Gasteiger charge is -2.16. The summed E-state index contributed by atoms with van der Waals surface area (Å²) in [5.74, 6) is 0.670. The predicted octanol–water partition coefficient (Wildman–Crippen LogP) is 1.57. The van der Waals surface area contributed by atoms with Crippen LogP contribution in [0.4, 0.5) is 5.69 Å². The van der Waals surface area contributed by atoms with Gasteiger partial charge in [-0.25, -0.2) is 0 Å². The highest BCUT2D eigenvalue weighted by Crippen LogP contribution is 2.24. The maximum absolute atomic E-state index is 12.4. The van der Waals surface area contributed by atoms with E-state index in [2.05, 4.69) is 12.0 Å². The molecule has 1 aliphatic heterocycles. The highest BCUT2D eigenvalue weighted by molar-refractivity contribution is 5.98. The zero-order valence-corrected chi connectivity index (χ0v) is 11.4. The van der Waals surface area contributed by atoms with Crippen molar-refractivity contribution in [2.75, 3.05) is 18.8 Å². The maximum Gasteiger partial charge on any atom is 0.274 e. The van der Waals surface area contributed by atoms with Crippen LogP contribution in [-0.4, -0.2) is 33.7 Å². The van der Waals surface area contributed by atoms with Gasteiger partial charge in [-0.1, -0.05) is 13.3 Å². The molecule has 0 bridgehead atoms. The maximum atomic E-state index is 12.4. The number of nitrogens with zero attached hydrogens (tertiary/aromatic N) is 3. The van der Waals surface area contributed by atoms with E-state index in [1.54, 1.807) is 11.7 Å². The van der Waals surface area contributed by atoms with Crippen molar-refractivity contribution >= 4 is 11.6 Å². The van der Waals surface area contributed by atoms with Crippen LogP contribution in [0.2, 0.25) is 0 Å². The number of likely N-dealkylation sites (tertiary alicyclic amines) is 1. The Labute approximate surface area is 108 Å². The van der Waals surface area contributed by atoms with E-state index in [9.17, 15) is 4.79 Å². The van der Waals surface area contributed by atoms with Crippen molar-refractivity contribution in [2.24, 2.45) is 13.0 Å². The second kappa shape index (κ2) is 5.00. The Balaban J connectivity index is 2.13. The molecule has 100 valence electrons. The molecule has 0 spiro atoms. The van der Waals surface area contributed by atoms with Crippen LogP contribution in [0.15, 0.2) is 0 Å². The first-order valence-electron chi connectivity index (χ1n) is 6.63. The zero-order chi connectivity index (χ0) is 13.3. The molecule has 18 heavy (non-hydrogen) atoms. The van der Waals surface area contributed by atoms with Crippen molar-refractivity contribution in [3.63, 3.8) is 0 Å². The van der Waals surface area contributed by atoms with Gasteiger partial charge in [-0.15, -0.1) is 0 Å². The van der Waals surface area contributed by atoms with Crippen molar-refractivity contribution in [2.45, 2.75) is 33.1 Å². The van der Waals surface area contributed by atoms with E-state index in [0.29, 0.717) is 17.3 Å². The van der Waals surface area contributed by atoms with Crippen LogP contribution in [0.25, 0.3) is 0 Å². The van der Waals surface area contributed by atoms with Crippen LogP contribution < -0.4 is 5.73 Å². The van der Waals surface area contributed by atoms with Gasteiger partial charge in [0.05, 0.1) is 11.4 Å². The number of nitrogens with two attached hydrogens (primary N) is 1. The van der Waals surface area contributed by atoms with E-state index in [1.807, 2.05) is 11.8 Å². The van der Waals surface area contributed by atoms with Gasteiger partial charge in [-0.3, -0.25) is 9.48 Å². The fraction of sp³-hybridized carbons (Fsp3) is 0.692. The summed E-state index contributed by atoms with van der Waals surface area (Å²) in [6.45, 7) is 5.71. The minimum Gasteiger partial charge on any atom is -0.395 e. The van der Waals surface area contributed by atoms with E-state index < -0.39 is 0 Å². The average molecular weight is 250 g/mol. The van der Waals surface area contributed by atoms with Gasteiger partial charge >= 0.3 is 0 Å². The summed E-state index contributed by atoms with van der Waals surface area (Å²) in [4.78, 5) is 14.3. The van der Waals surface area contributed by atoms with Gasteiger partial charge < -0.3 is 10.6 Å². The topological polar surface area (TPSA) is 64.2 Å². The molecule has 1 unspecified atom stereocenters. The van der Waals surface area contributed by atoms with E-state index in [1.165, 1.54) is 12.8 Å². The number of hydrogen-bond donors (Lipinski definition) is 1. The molecule has 5 heteroatoms. The Hall–Kier alpha value is -1.52. The van der Waals surface area contributed by atoms with Gasteiger partial charge in [-0.2, -0.15) is 5.10 Å². The standard InChI is InChI=1S/C13H22N4O/c1-4-5-10-6-7-17(8-10)13(18)12-11(14)9(2)15-16(12)3/h10H,4-8,14H2,1-3H3. The monoisotopic (exact) mass is 250 g/mol. The molecule has 1 aromatic heterocycles. The van der Waals surface area contributed by atoms with Gasteiger partial charge in [0.15, 0.2) is 0 Å². The number of nitrogen functional groups attached to an aromatic ring is 1. The van der Waals surface area contributed by atoms with Gasteiger partial charge in [-0.05, 0) is 25.7 Å². The SMILES string of the molecule is CCCC1CCN(C(=O)c2c(N)c(C)nn2C)C1. The zero-order valence-electron chi connectivity index (χ0n) is 11.4. The third-order valence-corrected chi connectivity index (χ3v) is 3.74. The first kappa shape index (κ1) is 12.9. The number of rotatable bonds is 3. The van der Waals surface area contributed by atoms with Crippen LogP contribution in [0.3, 0.4) is 0 Å². The fourth-order valence-corrected chi connectivity index (χ4v) is 2.74. The van der Waals surface area contributed by atoms with E-state index in [0.717, 1.165) is 25.2 Å². The number of hydrogen-bond acceptors (Lipinski definition) is 3. The molecule has 2 heterocycles. The van der Waals surface area contributed by atoms with Crippen LogP contribution in [0.1, 0.15) is 42.4 Å². The average Bonchev–Trinajstić information content (AvgIpc) is 2.86. The van der Waals surface area contributed by atoms with E-state index >= 15 is 0 Å². The van der Waals surface area contributed by atoms with Gasteiger partial charge in [0.25, 0.3) is 5.91 Å². The van der Waals surface area contributed by atoms with Gasteiger partial charge in [0.2, 0.25) is 0 Å². The number of aromatic nitrogens is 2. The van der Waals surface area contributed by atoms with Crippen LogP contribution >= 0.6 is 0 Å². The van der Waals surface area contributed by atoms with Crippen LogP contribution in [0, 0.1) is 12.8 Å². The minimum absolute atomic E-state index is 0.0224. The molecule has 2 rings (SSSR count). The van der Waals surface area contributed by atoms with Crippen molar-refractivity contribution in [1.82, 2.24) is 14.7 Å². The lowest BCUT2D eigenvalue weighted by atomic mass is 10.0. The summed E-state index contributed by atoms with van der Waals surface area (Å²) in [6, 6.07) is 0. The Morgan fingerprint density at radius 3 is 2.83 bits per heavy atom. The van der Waals surface area contributed by atoms with E-state index in [-0.39, 0.29) is 5.91 Å². The normalized spacial score (nSPS) is 19.5. The highest BCUT2D eigenvalue weighted by Gasteiger charge is 2.29. The molecular weight excluding hydrogens is 228 g/mol. The van der Waals surface area contributed by atoms with Crippen molar-refractivity contribution in [3.05, 3.63) is 11.4 Å². The molecule has 1 aliphatic rings. The third-order valence-electron chi connectivity index (χ3n) is 3.74. The second-order valence-electron chi connectivity index (χ2n) is 5.17. The molecule has 0 saturated carbocycles. The van der Waals surface area contributed by atoms with Crippen LogP contribution in [-0.2, 0) is 7.05 Å². The number of aryl methyl sites for hydroxylation is 2. The lowest BCUT2D eigenvalue weighted by molar-refractivity contribution is 0.0776. The molecule has 1 saturated heterocycles. The Kier molecular flexibility index (Phi) is 3.59. The van der Waals surface area contributed by atoms with Gasteiger partial charge in [0.1, 0.15) is 5.69 Å². The Morgan fingerprint density at radius 1 is 1.56 bits per heavy atom. The van der Waals surface area contributed by atoms with Crippen LogP contribution in [0.5, 0.6) is 0 Å². The van der Waals surface area contributed by atoms with Gasteiger partial charge in [0, 0.05) is 20.1 Å². The number of carbonyl (C=O) groups excluding carboxylic acids is 1. The molecule has 0 aromatic carbocycles. The largest absolute Gasteiger partial charge is 0.395 e. The summed E-state index contributed by atoms with van der Waals surface area (Å²) in [6.07, 6.45) is 3.49. The fourth-order valence-electron chi connectivity index (χ4n) is 2.74. The molecule has 0 radical (unpaired) electrons. The molecule has 5 nitrogen and oxygen atoms in total. The smallest absolute Gasteiger partial charge is 0.274 e. The third kappa shape index (κ3) is 2.21. The molecule has 0 aliphatic carbocycles. The van der Waals surface area contributed by atoms with Crippen molar-refractivity contribution < 1.29 is 4.79 Å². The summed E-state index contributed by atoms with van der Waals surface area (Å²) in [5.41, 5.74) is 7.71. The molecule has 2 N–H and O–H groups in total. The molecule has 1 aromatic rings. The molecule has 1 atom stereocenters. The number of amides is 1. The quantitative estimate of drug-likeness (QED) is 0.885.